The zero-order chi connectivity index (χ0) is 24.6. The second kappa shape index (κ2) is 9.72. The molecule has 0 fully saturated rings. The van der Waals surface area contributed by atoms with Gasteiger partial charge in [-0.1, -0.05) is 29.3 Å². The highest BCUT2D eigenvalue weighted by Crippen LogP contribution is 2.43. The molecule has 1 aliphatic heterocycles. The predicted molar refractivity (Wildman–Crippen MR) is 121 cm³/mol. The maximum atomic E-state index is 13.1. The molecule has 0 aliphatic carbocycles. The summed E-state index contributed by atoms with van der Waals surface area (Å²) in [6, 6.07) is 8.49. The molecule has 178 valence electrons. The van der Waals surface area contributed by atoms with E-state index in [0.717, 1.165) is 0 Å². The molecule has 1 amide bonds. The summed E-state index contributed by atoms with van der Waals surface area (Å²) >= 11 is 12.2. The van der Waals surface area contributed by atoms with Gasteiger partial charge in [0.15, 0.2) is 12.6 Å². The first-order valence-electron chi connectivity index (χ1n) is 9.70. The molecular formula is C21H22Cl2NO8P. The molecule has 1 aliphatic rings. The molecule has 0 saturated heterocycles. The molecule has 2 atom stereocenters. The standard InChI is InChI=1S/C21H22Cl2NO8P/c1-11(25)12-7-8-16-14(9-12)18(24-20(26)13-5-4-6-15(22)17(13)23)19(21(2,3)32-16)30-10-31-33(27,28)29/h4-9,18-19H,10H2,1-3H3,(H,24,26)(H2,27,28,29)/t18-,19+/m1/s1. The summed E-state index contributed by atoms with van der Waals surface area (Å²) in [4.78, 5) is 43.1. The molecule has 3 N–H and O–H groups in total. The number of amides is 1. The van der Waals surface area contributed by atoms with Crippen LogP contribution < -0.4 is 10.1 Å². The van der Waals surface area contributed by atoms with Crippen molar-refractivity contribution in [3.63, 3.8) is 0 Å². The zero-order valence-electron chi connectivity index (χ0n) is 17.9. The molecule has 2 aromatic rings. The number of carbonyl (C=O) groups is 2. The largest absolute Gasteiger partial charge is 0.485 e. The summed E-state index contributed by atoms with van der Waals surface area (Å²) in [6.45, 7) is 4.00. The minimum absolute atomic E-state index is 0.0583. The molecular weight excluding hydrogens is 496 g/mol. The second-order valence-electron chi connectivity index (χ2n) is 7.89. The molecule has 12 heteroatoms. The number of phosphoric ester groups is 1. The molecule has 9 nitrogen and oxygen atoms in total. The van der Waals surface area contributed by atoms with Gasteiger partial charge in [-0.15, -0.1) is 0 Å². The number of ketones is 1. The van der Waals surface area contributed by atoms with Crippen LogP contribution in [-0.2, 0) is 13.8 Å². The van der Waals surface area contributed by atoms with Crippen LogP contribution in [0.15, 0.2) is 36.4 Å². The molecule has 1 heterocycles. The van der Waals surface area contributed by atoms with E-state index in [2.05, 4.69) is 9.84 Å². The van der Waals surface area contributed by atoms with Gasteiger partial charge >= 0.3 is 7.82 Å². The number of Topliss-reactive ketones (excluding diaryl/α,β-unsaturated/α-hetero) is 1. The highest BCUT2D eigenvalue weighted by atomic mass is 35.5. The Balaban J connectivity index is 2.03. The highest BCUT2D eigenvalue weighted by molar-refractivity contribution is 7.46. The maximum Gasteiger partial charge on any atom is 0.471 e. The first-order valence-corrected chi connectivity index (χ1v) is 12.0. The third-order valence-corrected chi connectivity index (χ3v) is 6.32. The monoisotopic (exact) mass is 517 g/mol. The fourth-order valence-electron chi connectivity index (χ4n) is 3.53. The molecule has 3 rings (SSSR count). The van der Waals surface area contributed by atoms with Crippen molar-refractivity contribution in [3.05, 3.63) is 63.1 Å². The third kappa shape index (κ3) is 5.94. The lowest BCUT2D eigenvalue weighted by Crippen LogP contribution is -2.55. The molecule has 0 bridgehead atoms. The Labute approximate surface area is 200 Å². The van der Waals surface area contributed by atoms with Gasteiger partial charge in [-0.25, -0.2) is 4.57 Å². The van der Waals surface area contributed by atoms with E-state index >= 15 is 0 Å². The van der Waals surface area contributed by atoms with Gasteiger partial charge in [-0.2, -0.15) is 0 Å². The summed E-state index contributed by atoms with van der Waals surface area (Å²) in [5.74, 6) is -0.370. The average molecular weight is 518 g/mol. The number of carbonyl (C=O) groups excluding carboxylic acids is 2. The first kappa shape index (κ1) is 25.6. The first-order chi connectivity index (χ1) is 15.3. The lowest BCUT2D eigenvalue weighted by atomic mass is 9.85. The van der Waals surface area contributed by atoms with E-state index in [4.69, 9.17) is 42.5 Å². The van der Waals surface area contributed by atoms with Crippen LogP contribution >= 0.6 is 31.0 Å². The van der Waals surface area contributed by atoms with Crippen molar-refractivity contribution < 1.29 is 37.9 Å². The fourth-order valence-corrected chi connectivity index (χ4v) is 4.11. The normalized spacial score (nSPS) is 19.4. The van der Waals surface area contributed by atoms with Crippen LogP contribution in [0, 0.1) is 0 Å². The van der Waals surface area contributed by atoms with Crippen LogP contribution in [-0.4, -0.2) is 40.0 Å². The van der Waals surface area contributed by atoms with E-state index in [9.17, 15) is 14.2 Å². The topological polar surface area (TPSA) is 131 Å². The number of fused-ring (bicyclic) bond motifs is 1. The van der Waals surface area contributed by atoms with Gasteiger partial charge < -0.3 is 24.6 Å². The number of benzene rings is 2. The summed E-state index contributed by atoms with van der Waals surface area (Å²) < 4.78 is 27.2. The summed E-state index contributed by atoms with van der Waals surface area (Å²) in [7, 11) is -4.80. The molecule has 0 aromatic heterocycles. The van der Waals surface area contributed by atoms with Crippen molar-refractivity contribution in [2.45, 2.75) is 38.5 Å². The Bertz CT molecular complexity index is 1130. The van der Waals surface area contributed by atoms with E-state index < -0.39 is 38.3 Å². The minimum Gasteiger partial charge on any atom is -0.485 e. The van der Waals surface area contributed by atoms with Gasteiger partial charge in [-0.05, 0) is 51.1 Å². The van der Waals surface area contributed by atoms with E-state index in [0.29, 0.717) is 16.9 Å². The van der Waals surface area contributed by atoms with Crippen LogP contribution in [0.4, 0.5) is 0 Å². The SMILES string of the molecule is CC(=O)c1ccc2c(c1)[C@@H](NC(=O)c1cccc(Cl)c1Cl)[C@H](OCOP(=O)(O)O)C(C)(C)O2. The molecule has 33 heavy (non-hydrogen) atoms. The van der Waals surface area contributed by atoms with E-state index in [-0.39, 0.29) is 21.4 Å². The number of phosphoric acid groups is 1. The second-order valence-corrected chi connectivity index (χ2v) is 9.92. The number of nitrogens with one attached hydrogen (secondary N) is 1. The summed E-state index contributed by atoms with van der Waals surface area (Å²) in [6.07, 6.45) is -0.972. The maximum absolute atomic E-state index is 13.1. The molecule has 2 aromatic carbocycles. The van der Waals surface area contributed by atoms with Gasteiger partial charge in [0.05, 0.1) is 21.7 Å². The van der Waals surface area contributed by atoms with Crippen molar-refractivity contribution in [1.29, 1.82) is 0 Å². The number of ether oxygens (including phenoxy) is 2. The summed E-state index contributed by atoms with van der Waals surface area (Å²) in [5, 5.41) is 3.08. The lowest BCUT2D eigenvalue weighted by Gasteiger charge is -2.44. The van der Waals surface area contributed by atoms with Crippen LogP contribution in [0.25, 0.3) is 0 Å². The van der Waals surface area contributed by atoms with Gasteiger partial charge in [0, 0.05) is 11.1 Å². The van der Waals surface area contributed by atoms with Crippen LogP contribution in [0.5, 0.6) is 5.75 Å². The third-order valence-electron chi connectivity index (χ3n) is 5.06. The Morgan fingerprint density at radius 3 is 2.55 bits per heavy atom. The van der Waals surface area contributed by atoms with Crippen molar-refractivity contribution >= 4 is 42.7 Å². The lowest BCUT2D eigenvalue weighted by molar-refractivity contribution is -0.141. The molecule has 0 saturated carbocycles. The highest BCUT2D eigenvalue weighted by Gasteiger charge is 2.46. The number of hydrogen-bond donors (Lipinski definition) is 3. The predicted octanol–water partition coefficient (Wildman–Crippen LogP) is 4.29. The smallest absolute Gasteiger partial charge is 0.471 e. The van der Waals surface area contributed by atoms with E-state index in [1.54, 1.807) is 38.1 Å². The Kier molecular flexibility index (Phi) is 7.55. The van der Waals surface area contributed by atoms with Crippen molar-refractivity contribution in [2.75, 3.05) is 6.79 Å². The zero-order valence-corrected chi connectivity index (χ0v) is 20.3. The number of hydrogen-bond acceptors (Lipinski definition) is 6. The van der Waals surface area contributed by atoms with Gasteiger partial charge in [-0.3, -0.25) is 14.1 Å². The van der Waals surface area contributed by atoms with Crippen LogP contribution in [0.3, 0.4) is 0 Å². The van der Waals surface area contributed by atoms with Crippen LogP contribution in [0.2, 0.25) is 10.0 Å². The van der Waals surface area contributed by atoms with Gasteiger partial charge in [0.25, 0.3) is 5.91 Å². The van der Waals surface area contributed by atoms with Gasteiger partial charge in [0.1, 0.15) is 17.5 Å². The van der Waals surface area contributed by atoms with E-state index in [1.165, 1.54) is 19.1 Å². The van der Waals surface area contributed by atoms with Gasteiger partial charge in [0.2, 0.25) is 0 Å². The Morgan fingerprint density at radius 2 is 1.91 bits per heavy atom. The van der Waals surface area contributed by atoms with Crippen LogP contribution in [0.1, 0.15) is 53.1 Å². The van der Waals surface area contributed by atoms with Crippen molar-refractivity contribution in [1.82, 2.24) is 5.32 Å². The minimum atomic E-state index is -4.80. The van der Waals surface area contributed by atoms with Crippen molar-refractivity contribution in [3.8, 4) is 5.75 Å². The molecule has 0 spiro atoms. The average Bonchev–Trinajstić information content (AvgIpc) is 2.70. The Morgan fingerprint density at radius 1 is 1.21 bits per heavy atom. The Hall–Kier alpha value is -1.97. The molecule has 0 unspecified atom stereocenters. The van der Waals surface area contributed by atoms with E-state index in [1.807, 2.05) is 0 Å². The van der Waals surface area contributed by atoms with Crippen molar-refractivity contribution in [2.24, 2.45) is 0 Å². The number of rotatable bonds is 7. The quantitative estimate of drug-likeness (QED) is 0.281. The fraction of sp³-hybridized carbons (Fsp3) is 0.333. The summed E-state index contributed by atoms with van der Waals surface area (Å²) in [5.41, 5.74) is -0.140. The number of halogens is 2. The molecule has 0 radical (unpaired) electrons.